The quantitative estimate of drug-likeness (QED) is 0.132. The monoisotopic (exact) mass is 628 g/mol. The van der Waals surface area contributed by atoms with Crippen molar-refractivity contribution in [2.45, 2.75) is 56.7 Å². The number of amides is 2. The number of carbonyl (C=O) groups is 2. The summed E-state index contributed by atoms with van der Waals surface area (Å²) in [6.45, 7) is 5.61. The van der Waals surface area contributed by atoms with Gasteiger partial charge in [-0.1, -0.05) is 30.3 Å². The summed E-state index contributed by atoms with van der Waals surface area (Å²) in [5.41, 5.74) is 7.86. The number of nitrogens with two attached hydrogens (primary N) is 1. The molecule has 10 nitrogen and oxygen atoms in total. The minimum Gasteiger partial charge on any atom is -0.399 e. The van der Waals surface area contributed by atoms with Gasteiger partial charge >= 0.3 is 0 Å². The topological polar surface area (TPSA) is 136 Å². The van der Waals surface area contributed by atoms with Gasteiger partial charge < -0.3 is 25.0 Å². The number of rotatable bonds is 9. The first-order chi connectivity index (χ1) is 21.5. The fraction of sp³-hybridized carbons (Fsp3) is 0.333. The van der Waals surface area contributed by atoms with E-state index in [0.29, 0.717) is 59.0 Å². The number of anilines is 4. The fourth-order valence-electron chi connectivity index (χ4n) is 6.93. The van der Waals surface area contributed by atoms with Gasteiger partial charge in [0.2, 0.25) is 8.41 Å². The molecule has 45 heavy (non-hydrogen) atoms. The van der Waals surface area contributed by atoms with Crippen molar-refractivity contribution in [3.05, 3.63) is 95.8 Å². The van der Waals surface area contributed by atoms with Gasteiger partial charge in [-0.2, -0.15) is 0 Å². The average Bonchev–Trinajstić information content (AvgIpc) is 3.66. The van der Waals surface area contributed by atoms with E-state index >= 15 is 4.11 Å². The van der Waals surface area contributed by atoms with Gasteiger partial charge in [-0.3, -0.25) is 19.2 Å². The summed E-state index contributed by atoms with van der Waals surface area (Å²) < 4.78 is 24.8. The molecule has 4 atom stereocenters. The van der Waals surface area contributed by atoms with Gasteiger partial charge in [0.05, 0.1) is 17.5 Å². The van der Waals surface area contributed by atoms with Crippen LogP contribution in [0.2, 0.25) is 18.6 Å². The molecule has 2 aliphatic rings. The van der Waals surface area contributed by atoms with Crippen LogP contribution in [0, 0.1) is 5.92 Å². The van der Waals surface area contributed by atoms with Crippen LogP contribution in [0.15, 0.2) is 79.0 Å². The summed E-state index contributed by atoms with van der Waals surface area (Å²) in [5, 5.41) is 20.4. The number of hydrogen-bond acceptors (Lipinski definition) is 7. The Bertz CT molecular complexity index is 1710. The standard InChI is InChI=1S/C33H37FN6O4Si/c1-21-30(45(2,3)34)29(15-17-39-20-25(16-18-41)37-38-39)44-33(21)27-19-24(36-31(42)22-9-11-23(35)12-10-22)13-14-28(27)40(32(33)43)26-7-5-4-6-8-26/h4-14,19-21,29-30,41H,15-18,35H2,1-3H3,(H,36,42)/t21-,29+,30-,33+/m1/s1. The first kappa shape index (κ1) is 30.6. The van der Waals surface area contributed by atoms with E-state index in [2.05, 4.69) is 15.6 Å². The van der Waals surface area contributed by atoms with Crippen LogP contribution in [0.1, 0.15) is 35.0 Å². The molecule has 0 aliphatic carbocycles. The lowest BCUT2D eigenvalue weighted by atomic mass is 9.82. The minimum atomic E-state index is -3.38. The molecule has 0 bridgehead atoms. The maximum absolute atomic E-state index is 16.3. The lowest BCUT2D eigenvalue weighted by Gasteiger charge is -2.31. The molecular weight excluding hydrogens is 591 g/mol. The molecule has 12 heteroatoms. The maximum Gasteiger partial charge on any atom is 0.268 e. The van der Waals surface area contributed by atoms with Crippen LogP contribution in [0.4, 0.5) is 26.9 Å². The number of aliphatic hydroxyl groups excluding tert-OH is 1. The van der Waals surface area contributed by atoms with Crippen molar-refractivity contribution >= 4 is 43.0 Å². The molecule has 0 radical (unpaired) electrons. The normalized spacial score (nSPS) is 22.6. The number of ether oxygens (including phenoxy) is 1. The summed E-state index contributed by atoms with van der Waals surface area (Å²) in [6, 6.07) is 21.3. The Labute approximate surface area is 262 Å². The molecule has 1 saturated heterocycles. The van der Waals surface area contributed by atoms with E-state index in [-0.39, 0.29) is 18.4 Å². The third-order valence-corrected chi connectivity index (χ3v) is 11.4. The summed E-state index contributed by atoms with van der Waals surface area (Å²) in [7, 11) is -3.38. The van der Waals surface area contributed by atoms with E-state index in [1.165, 1.54) is 0 Å². The van der Waals surface area contributed by atoms with Crippen molar-refractivity contribution in [3.8, 4) is 0 Å². The van der Waals surface area contributed by atoms with Gasteiger partial charge in [0.25, 0.3) is 11.8 Å². The predicted octanol–water partition coefficient (Wildman–Crippen LogP) is 5.19. The second-order valence-electron chi connectivity index (χ2n) is 12.3. The fourth-order valence-corrected chi connectivity index (χ4v) is 9.47. The van der Waals surface area contributed by atoms with Crippen molar-refractivity contribution in [1.82, 2.24) is 15.0 Å². The van der Waals surface area contributed by atoms with Gasteiger partial charge in [-0.25, -0.2) is 0 Å². The van der Waals surface area contributed by atoms with E-state index in [0.717, 1.165) is 0 Å². The Kier molecular flexibility index (Phi) is 8.06. The molecule has 6 rings (SSSR count). The zero-order valence-electron chi connectivity index (χ0n) is 25.5. The number of aryl methyl sites for hydroxylation is 1. The Balaban J connectivity index is 1.39. The molecule has 234 valence electrons. The van der Waals surface area contributed by atoms with Crippen molar-refractivity contribution in [2.75, 3.05) is 22.6 Å². The number of carbonyl (C=O) groups excluding carboxylic acids is 2. The van der Waals surface area contributed by atoms with Crippen LogP contribution in [0.3, 0.4) is 0 Å². The van der Waals surface area contributed by atoms with E-state index in [1.54, 1.807) is 65.3 Å². The van der Waals surface area contributed by atoms with Gasteiger partial charge in [-0.05, 0) is 74.1 Å². The molecule has 0 saturated carbocycles. The maximum atomic E-state index is 16.3. The molecule has 2 amide bonds. The number of para-hydroxylation sites is 1. The Morgan fingerprint density at radius 1 is 1.13 bits per heavy atom. The molecule has 1 spiro atoms. The van der Waals surface area contributed by atoms with Gasteiger partial charge in [0, 0.05) is 65.4 Å². The predicted molar refractivity (Wildman–Crippen MR) is 172 cm³/mol. The number of hydrogen-bond donors (Lipinski definition) is 3. The SMILES string of the molecule is C[C@@H]1[C@@H]([Si](C)(C)F)[C@H](CCn2cc(CCO)nn2)O[C@@]12C(=O)N(c1ccccc1)c1ccc(NC(=O)c3ccc(N)cc3)cc12. The minimum absolute atomic E-state index is 0.0317. The Morgan fingerprint density at radius 2 is 1.87 bits per heavy atom. The van der Waals surface area contributed by atoms with Gasteiger partial charge in [0.15, 0.2) is 5.60 Å². The highest BCUT2D eigenvalue weighted by Crippen LogP contribution is 2.61. The van der Waals surface area contributed by atoms with Crippen LogP contribution in [0.5, 0.6) is 0 Å². The molecule has 4 N–H and O–H groups in total. The van der Waals surface area contributed by atoms with Crippen LogP contribution in [-0.4, -0.2) is 53.0 Å². The largest absolute Gasteiger partial charge is 0.399 e. The average molecular weight is 629 g/mol. The zero-order valence-corrected chi connectivity index (χ0v) is 26.5. The van der Waals surface area contributed by atoms with E-state index in [1.807, 2.05) is 43.3 Å². The van der Waals surface area contributed by atoms with Gasteiger partial charge in [-0.15, -0.1) is 5.10 Å². The summed E-state index contributed by atoms with van der Waals surface area (Å²) >= 11 is 0. The lowest BCUT2D eigenvalue weighted by molar-refractivity contribution is -0.145. The van der Waals surface area contributed by atoms with Crippen molar-refractivity contribution < 1.29 is 23.5 Å². The second kappa shape index (κ2) is 11.8. The highest BCUT2D eigenvalue weighted by atomic mass is 28.4. The van der Waals surface area contributed by atoms with Crippen molar-refractivity contribution in [1.29, 1.82) is 0 Å². The number of nitrogens with zero attached hydrogens (tertiary/aromatic N) is 4. The third-order valence-electron chi connectivity index (χ3n) is 8.91. The molecular formula is C33H37FN6O4Si. The molecule has 1 fully saturated rings. The third kappa shape index (κ3) is 5.53. The molecule has 3 heterocycles. The number of nitrogen functional groups attached to an aromatic ring is 1. The second-order valence-corrected chi connectivity index (χ2v) is 16.1. The van der Waals surface area contributed by atoms with Gasteiger partial charge in [0.1, 0.15) is 0 Å². The number of benzene rings is 3. The van der Waals surface area contributed by atoms with E-state index in [4.69, 9.17) is 10.5 Å². The zero-order chi connectivity index (χ0) is 31.9. The molecule has 1 aromatic heterocycles. The highest BCUT2D eigenvalue weighted by Gasteiger charge is 2.67. The molecule has 4 aromatic rings. The summed E-state index contributed by atoms with van der Waals surface area (Å²) in [4.78, 5) is 29.5. The highest BCUT2D eigenvalue weighted by molar-refractivity contribution is 6.72. The van der Waals surface area contributed by atoms with Crippen LogP contribution >= 0.6 is 0 Å². The lowest BCUT2D eigenvalue weighted by Crippen LogP contribution is -2.44. The molecule has 2 aliphatic heterocycles. The van der Waals surface area contributed by atoms with Crippen LogP contribution in [-0.2, 0) is 28.1 Å². The number of nitrogens with one attached hydrogen (secondary N) is 1. The summed E-state index contributed by atoms with van der Waals surface area (Å²) in [6.07, 6.45) is 2.00. The molecule has 3 aromatic carbocycles. The first-order valence-corrected chi connectivity index (χ1v) is 18.1. The molecule has 0 unspecified atom stereocenters. The Morgan fingerprint density at radius 3 is 2.56 bits per heavy atom. The first-order valence-electron chi connectivity index (χ1n) is 15.1. The van der Waals surface area contributed by atoms with E-state index < -0.39 is 31.6 Å². The smallest absolute Gasteiger partial charge is 0.268 e. The van der Waals surface area contributed by atoms with Crippen molar-refractivity contribution in [3.63, 3.8) is 0 Å². The van der Waals surface area contributed by atoms with Crippen LogP contribution in [0.25, 0.3) is 0 Å². The van der Waals surface area contributed by atoms with Crippen molar-refractivity contribution in [2.24, 2.45) is 5.92 Å². The summed E-state index contributed by atoms with van der Waals surface area (Å²) in [5.74, 6) is -1.11. The van der Waals surface area contributed by atoms with Crippen LogP contribution < -0.4 is 16.0 Å². The number of halogens is 1. The number of aromatic nitrogens is 3. The number of aliphatic hydroxyl groups is 1. The van der Waals surface area contributed by atoms with E-state index in [9.17, 15) is 14.7 Å². The number of fused-ring (bicyclic) bond motifs is 2. The Hall–Kier alpha value is -4.39.